The Labute approximate surface area is 108 Å². The Morgan fingerprint density at radius 2 is 2.17 bits per heavy atom. The number of anilines is 1. The van der Waals surface area contributed by atoms with Crippen molar-refractivity contribution in [3.05, 3.63) is 23.5 Å². The molecule has 5 nitrogen and oxygen atoms in total. The van der Waals surface area contributed by atoms with Gasteiger partial charge in [0.15, 0.2) is 9.84 Å². The molecule has 2 rings (SSSR count). The molecule has 0 saturated carbocycles. The molecule has 1 fully saturated rings. The molecule has 6 heteroatoms. The van der Waals surface area contributed by atoms with Gasteiger partial charge in [-0.05, 0) is 19.4 Å². The predicted molar refractivity (Wildman–Crippen MR) is 72.3 cm³/mol. The zero-order valence-electron chi connectivity index (χ0n) is 10.6. The molecule has 0 atom stereocenters. The van der Waals surface area contributed by atoms with Gasteiger partial charge in [-0.15, -0.1) is 0 Å². The summed E-state index contributed by atoms with van der Waals surface area (Å²) in [5.41, 5.74) is 8.64. The predicted octanol–water partition coefficient (Wildman–Crippen LogP) is 0.474. The van der Waals surface area contributed by atoms with Crippen LogP contribution in [0.1, 0.15) is 17.7 Å². The molecule has 0 aromatic carbocycles. The third kappa shape index (κ3) is 3.00. The highest BCUT2D eigenvalue weighted by atomic mass is 32.2. The fraction of sp³-hybridized carbons (Fsp3) is 0.583. The highest BCUT2D eigenvalue weighted by Crippen LogP contribution is 2.22. The molecule has 0 amide bonds. The molecular weight excluding hydrogens is 250 g/mol. The lowest BCUT2D eigenvalue weighted by atomic mass is 10.2. The minimum absolute atomic E-state index is 0.221. The Bertz CT molecular complexity index is 528. The van der Waals surface area contributed by atoms with E-state index in [1.165, 1.54) is 0 Å². The lowest BCUT2D eigenvalue weighted by molar-refractivity contribution is 0.597. The number of aromatic nitrogens is 1. The molecule has 1 aromatic rings. The number of sulfone groups is 1. The summed E-state index contributed by atoms with van der Waals surface area (Å²) in [6.45, 7) is 3.65. The second-order valence-electron chi connectivity index (χ2n) is 4.65. The van der Waals surface area contributed by atoms with E-state index in [1.54, 1.807) is 6.20 Å². The van der Waals surface area contributed by atoms with Crippen LogP contribution in [0, 0.1) is 6.92 Å². The Hall–Kier alpha value is -1.14. The van der Waals surface area contributed by atoms with Crippen LogP contribution in [0.2, 0.25) is 0 Å². The van der Waals surface area contributed by atoms with Gasteiger partial charge < -0.3 is 10.6 Å². The number of hydrogen-bond donors (Lipinski definition) is 1. The second-order valence-corrected chi connectivity index (χ2v) is 6.95. The standard InChI is InChI=1S/C12H19N3O2S/c1-10-7-12(11(8-13)9-14-10)15-3-2-5-18(16,17)6-4-15/h7,9H,2-6,8,13H2,1H3. The first-order valence-corrected chi connectivity index (χ1v) is 7.95. The quantitative estimate of drug-likeness (QED) is 0.845. The van der Waals surface area contributed by atoms with Gasteiger partial charge in [0.25, 0.3) is 0 Å². The zero-order valence-corrected chi connectivity index (χ0v) is 11.4. The van der Waals surface area contributed by atoms with Crippen molar-refractivity contribution >= 4 is 15.5 Å². The minimum Gasteiger partial charge on any atom is -0.370 e. The normalized spacial score (nSPS) is 19.6. The molecule has 18 heavy (non-hydrogen) atoms. The molecule has 0 unspecified atom stereocenters. The molecule has 2 heterocycles. The van der Waals surface area contributed by atoms with E-state index in [-0.39, 0.29) is 11.5 Å². The van der Waals surface area contributed by atoms with Gasteiger partial charge in [-0.25, -0.2) is 8.42 Å². The lowest BCUT2D eigenvalue weighted by Gasteiger charge is -2.24. The van der Waals surface area contributed by atoms with Crippen molar-refractivity contribution in [3.63, 3.8) is 0 Å². The van der Waals surface area contributed by atoms with Crippen LogP contribution in [0.25, 0.3) is 0 Å². The summed E-state index contributed by atoms with van der Waals surface area (Å²) < 4.78 is 23.2. The van der Waals surface area contributed by atoms with Crippen LogP contribution in [0.15, 0.2) is 12.3 Å². The summed E-state index contributed by atoms with van der Waals surface area (Å²) >= 11 is 0. The number of hydrogen-bond acceptors (Lipinski definition) is 5. The van der Waals surface area contributed by atoms with E-state index >= 15 is 0 Å². The maximum Gasteiger partial charge on any atom is 0.152 e. The van der Waals surface area contributed by atoms with Gasteiger partial charge in [-0.2, -0.15) is 0 Å². The SMILES string of the molecule is Cc1cc(N2CCCS(=O)(=O)CC2)c(CN)cn1. The van der Waals surface area contributed by atoms with E-state index < -0.39 is 9.84 Å². The van der Waals surface area contributed by atoms with Crippen LogP contribution in [0.4, 0.5) is 5.69 Å². The summed E-state index contributed by atoms with van der Waals surface area (Å²) in [7, 11) is -2.88. The highest BCUT2D eigenvalue weighted by Gasteiger charge is 2.20. The minimum atomic E-state index is -2.88. The summed E-state index contributed by atoms with van der Waals surface area (Å²) in [5.74, 6) is 0.504. The lowest BCUT2D eigenvalue weighted by Crippen LogP contribution is -2.28. The third-order valence-corrected chi connectivity index (χ3v) is 4.93. The molecule has 1 aromatic heterocycles. The van der Waals surface area contributed by atoms with Crippen molar-refractivity contribution in [2.45, 2.75) is 19.9 Å². The smallest absolute Gasteiger partial charge is 0.152 e. The first kappa shape index (κ1) is 13.3. The average Bonchev–Trinajstić information content (AvgIpc) is 2.50. The average molecular weight is 269 g/mol. The molecule has 100 valence electrons. The number of aryl methyl sites for hydroxylation is 1. The highest BCUT2D eigenvalue weighted by molar-refractivity contribution is 7.91. The molecule has 0 aliphatic carbocycles. The van der Waals surface area contributed by atoms with Gasteiger partial charge in [-0.1, -0.05) is 0 Å². The van der Waals surface area contributed by atoms with Gasteiger partial charge >= 0.3 is 0 Å². The van der Waals surface area contributed by atoms with E-state index in [0.29, 0.717) is 19.5 Å². The molecule has 0 radical (unpaired) electrons. The fourth-order valence-electron chi connectivity index (χ4n) is 2.20. The van der Waals surface area contributed by atoms with E-state index in [4.69, 9.17) is 5.73 Å². The van der Waals surface area contributed by atoms with Crippen molar-refractivity contribution < 1.29 is 8.42 Å². The van der Waals surface area contributed by atoms with Gasteiger partial charge in [0, 0.05) is 42.8 Å². The van der Waals surface area contributed by atoms with E-state index in [2.05, 4.69) is 9.88 Å². The van der Waals surface area contributed by atoms with Crippen molar-refractivity contribution in [2.24, 2.45) is 5.73 Å². The molecule has 1 aliphatic heterocycles. The summed E-state index contributed by atoms with van der Waals surface area (Å²) in [6.07, 6.45) is 2.46. The Morgan fingerprint density at radius 1 is 1.39 bits per heavy atom. The van der Waals surface area contributed by atoms with Crippen LogP contribution in [-0.4, -0.2) is 38.0 Å². The van der Waals surface area contributed by atoms with E-state index in [0.717, 1.165) is 23.5 Å². The van der Waals surface area contributed by atoms with Crippen LogP contribution in [0.5, 0.6) is 0 Å². The molecule has 2 N–H and O–H groups in total. The second kappa shape index (κ2) is 5.24. The number of nitrogens with two attached hydrogens (primary N) is 1. The maximum atomic E-state index is 11.6. The van der Waals surface area contributed by atoms with Crippen LogP contribution >= 0.6 is 0 Å². The first-order chi connectivity index (χ1) is 8.52. The van der Waals surface area contributed by atoms with E-state index in [1.807, 2.05) is 13.0 Å². The van der Waals surface area contributed by atoms with Crippen LogP contribution in [0.3, 0.4) is 0 Å². The summed E-state index contributed by atoms with van der Waals surface area (Å²) in [6, 6.07) is 1.99. The van der Waals surface area contributed by atoms with Gasteiger partial charge in [0.1, 0.15) is 0 Å². The zero-order chi connectivity index (χ0) is 13.2. The number of pyridine rings is 1. The van der Waals surface area contributed by atoms with Crippen molar-refractivity contribution in [2.75, 3.05) is 29.5 Å². The van der Waals surface area contributed by atoms with Crippen LogP contribution < -0.4 is 10.6 Å². The van der Waals surface area contributed by atoms with E-state index in [9.17, 15) is 8.42 Å². The molecule has 1 saturated heterocycles. The number of nitrogens with zero attached hydrogens (tertiary/aromatic N) is 2. The molecule has 1 aliphatic rings. The largest absolute Gasteiger partial charge is 0.370 e. The third-order valence-electron chi connectivity index (χ3n) is 3.21. The summed E-state index contributed by atoms with van der Waals surface area (Å²) in [4.78, 5) is 6.35. The summed E-state index contributed by atoms with van der Waals surface area (Å²) in [5, 5.41) is 0. The van der Waals surface area contributed by atoms with Gasteiger partial charge in [0.2, 0.25) is 0 Å². The monoisotopic (exact) mass is 269 g/mol. The van der Waals surface area contributed by atoms with Gasteiger partial charge in [-0.3, -0.25) is 4.98 Å². The molecule has 0 bridgehead atoms. The first-order valence-electron chi connectivity index (χ1n) is 6.13. The Morgan fingerprint density at radius 3 is 2.89 bits per heavy atom. The van der Waals surface area contributed by atoms with Crippen LogP contribution in [-0.2, 0) is 16.4 Å². The topological polar surface area (TPSA) is 76.3 Å². The van der Waals surface area contributed by atoms with Crippen molar-refractivity contribution in [3.8, 4) is 0 Å². The van der Waals surface area contributed by atoms with Gasteiger partial charge in [0.05, 0.1) is 11.5 Å². The molecule has 0 spiro atoms. The molecular formula is C12H19N3O2S. The number of rotatable bonds is 2. The Balaban J connectivity index is 2.28. The fourth-order valence-corrected chi connectivity index (χ4v) is 3.48. The Kier molecular flexibility index (Phi) is 3.87. The maximum absolute atomic E-state index is 11.6. The van der Waals surface area contributed by atoms with Crippen molar-refractivity contribution in [1.29, 1.82) is 0 Å². The van der Waals surface area contributed by atoms with Crippen molar-refractivity contribution in [1.82, 2.24) is 4.98 Å².